The van der Waals surface area contributed by atoms with Crippen molar-refractivity contribution in [3.63, 3.8) is 0 Å². The lowest BCUT2D eigenvalue weighted by molar-refractivity contribution is -0.126. The molecule has 18 heavy (non-hydrogen) atoms. The minimum Gasteiger partial charge on any atom is -0.306 e. The molecule has 2 fully saturated rings. The Kier molecular flexibility index (Phi) is 4.79. The summed E-state index contributed by atoms with van der Waals surface area (Å²) in [6, 6.07) is 0.686. The van der Waals surface area contributed by atoms with E-state index in [9.17, 15) is 4.79 Å². The lowest BCUT2D eigenvalue weighted by Crippen LogP contribution is -2.45. The molecule has 0 N–H and O–H groups in total. The fourth-order valence-corrected chi connectivity index (χ4v) is 3.44. The van der Waals surface area contributed by atoms with Gasteiger partial charge in [0.1, 0.15) is 5.78 Å². The summed E-state index contributed by atoms with van der Waals surface area (Å²) in [6.07, 6.45) is 5.53. The van der Waals surface area contributed by atoms with Crippen LogP contribution >= 0.6 is 0 Å². The highest BCUT2D eigenvalue weighted by Crippen LogP contribution is 2.27. The van der Waals surface area contributed by atoms with E-state index in [1.807, 2.05) is 0 Å². The summed E-state index contributed by atoms with van der Waals surface area (Å²) in [5.74, 6) is 1.55. The summed E-state index contributed by atoms with van der Waals surface area (Å²) in [6.45, 7) is 5.67. The first-order valence-corrected chi connectivity index (χ1v) is 7.47. The summed E-state index contributed by atoms with van der Waals surface area (Å²) in [7, 11) is 4.41. The van der Waals surface area contributed by atoms with Gasteiger partial charge in [-0.2, -0.15) is 0 Å². The molecular weight excluding hydrogens is 224 g/mol. The molecule has 2 aliphatic rings. The summed E-state index contributed by atoms with van der Waals surface area (Å²) in [5, 5.41) is 0. The van der Waals surface area contributed by atoms with Crippen molar-refractivity contribution in [2.24, 2.45) is 11.8 Å². The average molecular weight is 252 g/mol. The number of Topliss-reactive ketones (excluding diaryl/α,β-unsaturated/α-hetero) is 1. The van der Waals surface area contributed by atoms with E-state index in [0.29, 0.717) is 17.7 Å². The van der Waals surface area contributed by atoms with Gasteiger partial charge < -0.3 is 9.80 Å². The molecule has 1 saturated heterocycles. The molecule has 0 aromatic rings. The third-order valence-corrected chi connectivity index (χ3v) is 4.85. The van der Waals surface area contributed by atoms with Gasteiger partial charge in [0.25, 0.3) is 0 Å². The van der Waals surface area contributed by atoms with E-state index in [1.54, 1.807) is 0 Å². The number of ketones is 1. The van der Waals surface area contributed by atoms with Crippen molar-refractivity contribution in [3.8, 4) is 0 Å². The van der Waals surface area contributed by atoms with Gasteiger partial charge in [0.05, 0.1) is 0 Å². The first-order chi connectivity index (χ1) is 8.56. The topological polar surface area (TPSA) is 23.6 Å². The molecule has 1 aliphatic heterocycles. The molecule has 2 unspecified atom stereocenters. The van der Waals surface area contributed by atoms with Crippen molar-refractivity contribution < 1.29 is 4.79 Å². The van der Waals surface area contributed by atoms with Crippen molar-refractivity contribution in [1.29, 1.82) is 0 Å². The molecular formula is C15H28N2O. The molecule has 0 aromatic carbocycles. The van der Waals surface area contributed by atoms with Crippen molar-refractivity contribution in [1.82, 2.24) is 9.80 Å². The fraction of sp³-hybridized carbons (Fsp3) is 0.933. The first kappa shape index (κ1) is 14.0. The Labute approximate surface area is 112 Å². The van der Waals surface area contributed by atoms with Crippen LogP contribution in [0.5, 0.6) is 0 Å². The molecule has 1 aliphatic carbocycles. The smallest absolute Gasteiger partial charge is 0.137 e. The Morgan fingerprint density at radius 3 is 2.61 bits per heavy atom. The third kappa shape index (κ3) is 3.55. The molecule has 1 saturated carbocycles. The maximum Gasteiger partial charge on any atom is 0.137 e. The van der Waals surface area contributed by atoms with E-state index in [-0.39, 0.29) is 0 Å². The Balaban J connectivity index is 1.82. The van der Waals surface area contributed by atoms with Gasteiger partial charge in [-0.25, -0.2) is 0 Å². The zero-order valence-electron chi connectivity index (χ0n) is 12.2. The Morgan fingerprint density at radius 1 is 1.28 bits per heavy atom. The zero-order valence-corrected chi connectivity index (χ0v) is 12.2. The van der Waals surface area contributed by atoms with Crippen LogP contribution in [0.15, 0.2) is 0 Å². The van der Waals surface area contributed by atoms with Crippen molar-refractivity contribution in [2.45, 2.75) is 45.1 Å². The standard InChI is InChI=1S/C15H28N2O/c1-12-4-5-15(18)13(10-12)11-17(3)14-6-8-16(2)9-7-14/h12-14H,4-11H2,1-3H3. The highest BCUT2D eigenvalue weighted by molar-refractivity contribution is 5.81. The van der Waals surface area contributed by atoms with Gasteiger partial charge >= 0.3 is 0 Å². The van der Waals surface area contributed by atoms with Crippen LogP contribution in [-0.4, -0.2) is 55.4 Å². The van der Waals surface area contributed by atoms with Gasteiger partial charge in [-0.05, 0) is 58.8 Å². The Bertz CT molecular complexity index is 284. The molecule has 0 radical (unpaired) electrons. The Morgan fingerprint density at radius 2 is 1.94 bits per heavy atom. The third-order valence-electron chi connectivity index (χ3n) is 4.85. The maximum absolute atomic E-state index is 12.0. The number of carbonyl (C=O) groups is 1. The lowest BCUT2D eigenvalue weighted by Gasteiger charge is -2.37. The van der Waals surface area contributed by atoms with E-state index >= 15 is 0 Å². The van der Waals surface area contributed by atoms with Crippen molar-refractivity contribution >= 4 is 5.78 Å². The molecule has 3 nitrogen and oxygen atoms in total. The van der Waals surface area contributed by atoms with E-state index in [4.69, 9.17) is 0 Å². The molecule has 3 heteroatoms. The van der Waals surface area contributed by atoms with E-state index in [1.165, 1.54) is 25.9 Å². The molecule has 0 spiro atoms. The minimum atomic E-state index is 0.304. The van der Waals surface area contributed by atoms with Gasteiger partial charge in [-0.1, -0.05) is 6.92 Å². The summed E-state index contributed by atoms with van der Waals surface area (Å²) < 4.78 is 0. The normalized spacial score (nSPS) is 32.1. The van der Waals surface area contributed by atoms with Crippen LogP contribution in [0, 0.1) is 11.8 Å². The van der Waals surface area contributed by atoms with Crippen LogP contribution in [0.3, 0.4) is 0 Å². The molecule has 0 aromatic heterocycles. The second kappa shape index (κ2) is 6.16. The molecule has 104 valence electrons. The summed E-state index contributed by atoms with van der Waals surface area (Å²) in [4.78, 5) is 16.8. The minimum absolute atomic E-state index is 0.304. The number of nitrogens with zero attached hydrogens (tertiary/aromatic N) is 2. The van der Waals surface area contributed by atoms with Crippen molar-refractivity contribution in [2.75, 3.05) is 33.7 Å². The number of piperidine rings is 1. The van der Waals surface area contributed by atoms with Crippen molar-refractivity contribution in [3.05, 3.63) is 0 Å². The van der Waals surface area contributed by atoms with Crippen LogP contribution < -0.4 is 0 Å². The second-order valence-electron chi connectivity index (χ2n) is 6.52. The number of hydrogen-bond acceptors (Lipinski definition) is 3. The van der Waals surface area contributed by atoms with Crippen LogP contribution in [-0.2, 0) is 4.79 Å². The van der Waals surface area contributed by atoms with E-state index in [0.717, 1.165) is 31.7 Å². The molecule has 2 atom stereocenters. The number of rotatable bonds is 3. The van der Waals surface area contributed by atoms with Crippen LogP contribution in [0.4, 0.5) is 0 Å². The number of likely N-dealkylation sites (tertiary alicyclic amines) is 1. The molecule has 0 amide bonds. The summed E-state index contributed by atoms with van der Waals surface area (Å²) >= 11 is 0. The van der Waals surface area contributed by atoms with Crippen LogP contribution in [0.1, 0.15) is 39.0 Å². The van der Waals surface area contributed by atoms with Gasteiger partial charge in [-0.3, -0.25) is 4.79 Å². The quantitative estimate of drug-likeness (QED) is 0.768. The second-order valence-corrected chi connectivity index (χ2v) is 6.52. The number of hydrogen-bond donors (Lipinski definition) is 0. The van der Waals surface area contributed by atoms with Crippen LogP contribution in [0.2, 0.25) is 0 Å². The maximum atomic E-state index is 12.0. The predicted octanol–water partition coefficient (Wildman–Crippen LogP) is 2.02. The van der Waals surface area contributed by atoms with Gasteiger partial charge in [-0.15, -0.1) is 0 Å². The van der Waals surface area contributed by atoms with Crippen LogP contribution in [0.25, 0.3) is 0 Å². The van der Waals surface area contributed by atoms with E-state index < -0.39 is 0 Å². The largest absolute Gasteiger partial charge is 0.306 e. The summed E-state index contributed by atoms with van der Waals surface area (Å²) in [5.41, 5.74) is 0. The predicted molar refractivity (Wildman–Crippen MR) is 74.7 cm³/mol. The highest BCUT2D eigenvalue weighted by atomic mass is 16.1. The highest BCUT2D eigenvalue weighted by Gasteiger charge is 2.29. The van der Waals surface area contributed by atoms with Gasteiger partial charge in [0.2, 0.25) is 0 Å². The molecule has 2 rings (SSSR count). The number of carbonyl (C=O) groups excluding carboxylic acids is 1. The SMILES string of the molecule is CC1CCC(=O)C(CN(C)C2CCN(C)CC2)C1. The average Bonchev–Trinajstić information content (AvgIpc) is 2.34. The van der Waals surface area contributed by atoms with Gasteiger partial charge in [0, 0.05) is 24.9 Å². The van der Waals surface area contributed by atoms with Gasteiger partial charge in [0.15, 0.2) is 0 Å². The zero-order chi connectivity index (χ0) is 13.1. The molecule has 1 heterocycles. The molecule has 0 bridgehead atoms. The van der Waals surface area contributed by atoms with E-state index in [2.05, 4.69) is 30.8 Å². The Hall–Kier alpha value is -0.410. The lowest BCUT2D eigenvalue weighted by atomic mass is 9.81. The monoisotopic (exact) mass is 252 g/mol. The fourth-order valence-electron chi connectivity index (χ4n) is 3.44. The first-order valence-electron chi connectivity index (χ1n) is 7.47.